The molecular formula is C9H9N3O8S. The van der Waals surface area contributed by atoms with Gasteiger partial charge in [-0.15, -0.1) is 0 Å². The SMILES string of the molecule is O=C(O)CC[C@@H](Nc1sc([N+](=O)[O-])cc1[N+](=O)[O-])C(=O)O. The fourth-order valence-electron chi connectivity index (χ4n) is 1.38. The topological polar surface area (TPSA) is 173 Å². The zero-order valence-corrected chi connectivity index (χ0v) is 11.0. The van der Waals surface area contributed by atoms with Crippen molar-refractivity contribution in [2.24, 2.45) is 0 Å². The van der Waals surface area contributed by atoms with Gasteiger partial charge in [0.2, 0.25) is 0 Å². The van der Waals surface area contributed by atoms with Crippen LogP contribution < -0.4 is 5.32 Å². The Bertz CT molecular complexity index is 598. The minimum atomic E-state index is -1.42. The number of anilines is 1. The van der Waals surface area contributed by atoms with Gasteiger partial charge in [-0.2, -0.15) is 0 Å². The molecule has 0 spiro atoms. The van der Waals surface area contributed by atoms with Gasteiger partial charge in [-0.25, -0.2) is 4.79 Å². The first-order valence-corrected chi connectivity index (χ1v) is 6.17. The third-order valence-corrected chi connectivity index (χ3v) is 3.33. The Morgan fingerprint density at radius 2 is 1.90 bits per heavy atom. The van der Waals surface area contributed by atoms with Crippen LogP contribution >= 0.6 is 11.3 Å². The van der Waals surface area contributed by atoms with Crippen molar-refractivity contribution >= 4 is 39.0 Å². The second-order valence-corrected chi connectivity index (χ2v) is 4.81. The Balaban J connectivity index is 3.02. The van der Waals surface area contributed by atoms with E-state index in [1.54, 1.807) is 0 Å². The summed E-state index contributed by atoms with van der Waals surface area (Å²) in [5.41, 5.74) is -0.631. The van der Waals surface area contributed by atoms with Crippen molar-refractivity contribution < 1.29 is 29.6 Å². The van der Waals surface area contributed by atoms with Crippen LogP contribution in [-0.2, 0) is 9.59 Å². The van der Waals surface area contributed by atoms with Crippen LogP contribution in [0.15, 0.2) is 6.07 Å². The van der Waals surface area contributed by atoms with Gasteiger partial charge in [-0.3, -0.25) is 25.0 Å². The van der Waals surface area contributed by atoms with Crippen LogP contribution in [0.2, 0.25) is 0 Å². The summed E-state index contributed by atoms with van der Waals surface area (Å²) in [7, 11) is 0. The molecule has 3 N–H and O–H groups in total. The second-order valence-electron chi connectivity index (χ2n) is 3.78. The van der Waals surface area contributed by atoms with Gasteiger partial charge in [0.25, 0.3) is 0 Å². The number of carboxylic acid groups (broad SMARTS) is 2. The van der Waals surface area contributed by atoms with E-state index >= 15 is 0 Å². The van der Waals surface area contributed by atoms with Gasteiger partial charge in [0.05, 0.1) is 9.85 Å². The number of hydrogen-bond donors (Lipinski definition) is 3. The van der Waals surface area contributed by atoms with E-state index in [2.05, 4.69) is 5.32 Å². The van der Waals surface area contributed by atoms with Crippen LogP contribution in [0.25, 0.3) is 0 Å². The van der Waals surface area contributed by atoms with E-state index in [-0.39, 0.29) is 11.4 Å². The van der Waals surface area contributed by atoms with Crippen molar-refractivity contribution in [2.75, 3.05) is 5.32 Å². The number of rotatable bonds is 8. The van der Waals surface area contributed by atoms with E-state index < -0.39 is 44.9 Å². The molecule has 0 aromatic carbocycles. The molecule has 1 aromatic heterocycles. The molecule has 12 heteroatoms. The molecule has 1 aromatic rings. The molecule has 0 saturated heterocycles. The van der Waals surface area contributed by atoms with E-state index in [0.29, 0.717) is 17.4 Å². The van der Waals surface area contributed by atoms with E-state index in [0.717, 1.165) is 0 Å². The standard InChI is InChI=1S/C9H9N3O8S/c13-7(14)2-1-4(9(15)16)10-8-5(11(17)18)3-6(21-8)12(19)20/h3-4,10H,1-2H2,(H,13,14)(H,15,16)/t4-/m1/s1. The zero-order valence-electron chi connectivity index (χ0n) is 10.2. The lowest BCUT2D eigenvalue weighted by atomic mass is 10.1. The first kappa shape index (κ1) is 16.3. The van der Waals surface area contributed by atoms with Crippen LogP contribution in [-0.4, -0.2) is 38.0 Å². The van der Waals surface area contributed by atoms with Gasteiger partial charge < -0.3 is 15.5 Å². The summed E-state index contributed by atoms with van der Waals surface area (Å²) in [6, 6.07) is -0.693. The summed E-state index contributed by atoms with van der Waals surface area (Å²) < 4.78 is 0. The minimum absolute atomic E-state index is 0.301. The number of carbonyl (C=O) groups is 2. The first-order valence-electron chi connectivity index (χ1n) is 5.36. The van der Waals surface area contributed by atoms with Crippen molar-refractivity contribution in [3.05, 3.63) is 26.3 Å². The molecule has 0 aliphatic carbocycles. The third-order valence-electron chi connectivity index (χ3n) is 2.33. The molecule has 1 atom stereocenters. The molecule has 0 radical (unpaired) electrons. The summed E-state index contributed by atoms with van der Waals surface area (Å²) in [5.74, 6) is -2.64. The monoisotopic (exact) mass is 319 g/mol. The number of hydrogen-bond acceptors (Lipinski definition) is 8. The predicted octanol–water partition coefficient (Wildman–Crippen LogP) is 1.29. The Labute approximate surface area is 120 Å². The number of thiophene rings is 1. The average Bonchev–Trinajstić information content (AvgIpc) is 2.77. The summed E-state index contributed by atoms with van der Waals surface area (Å²) in [5, 5.41) is 40.3. The largest absolute Gasteiger partial charge is 0.481 e. The molecule has 0 fully saturated rings. The molecule has 0 unspecified atom stereocenters. The normalized spacial score (nSPS) is 11.6. The van der Waals surface area contributed by atoms with Gasteiger partial charge in [-0.05, 0) is 17.8 Å². The minimum Gasteiger partial charge on any atom is -0.481 e. The molecule has 0 aliphatic rings. The van der Waals surface area contributed by atoms with Gasteiger partial charge in [-0.1, -0.05) is 0 Å². The fourth-order valence-corrected chi connectivity index (χ4v) is 2.27. The second kappa shape index (κ2) is 6.60. The Morgan fingerprint density at radius 3 is 2.33 bits per heavy atom. The van der Waals surface area contributed by atoms with Crippen LogP contribution in [0, 0.1) is 20.2 Å². The number of carboxylic acids is 2. The number of aliphatic carboxylic acids is 2. The van der Waals surface area contributed by atoms with Gasteiger partial charge >= 0.3 is 22.6 Å². The van der Waals surface area contributed by atoms with Crippen molar-refractivity contribution in [3.8, 4) is 0 Å². The quantitative estimate of drug-likeness (QED) is 0.471. The van der Waals surface area contributed by atoms with Crippen LogP contribution in [0.3, 0.4) is 0 Å². The highest BCUT2D eigenvalue weighted by Gasteiger charge is 2.28. The van der Waals surface area contributed by atoms with E-state index in [1.807, 2.05) is 0 Å². The lowest BCUT2D eigenvalue weighted by Crippen LogP contribution is -2.29. The molecule has 0 bridgehead atoms. The lowest BCUT2D eigenvalue weighted by Gasteiger charge is -2.12. The summed E-state index contributed by atoms with van der Waals surface area (Å²) >= 11 is 0.413. The van der Waals surface area contributed by atoms with Crippen molar-refractivity contribution in [3.63, 3.8) is 0 Å². The van der Waals surface area contributed by atoms with Crippen LogP contribution in [0.5, 0.6) is 0 Å². The molecule has 11 nitrogen and oxygen atoms in total. The maximum absolute atomic E-state index is 11.0. The number of nitro groups is 2. The van der Waals surface area contributed by atoms with Crippen molar-refractivity contribution in [1.82, 2.24) is 0 Å². The fraction of sp³-hybridized carbons (Fsp3) is 0.333. The average molecular weight is 319 g/mol. The summed E-state index contributed by atoms with van der Waals surface area (Å²) in [4.78, 5) is 41.1. The first-order chi connectivity index (χ1) is 9.72. The summed E-state index contributed by atoms with van der Waals surface area (Å²) in [6.07, 6.45) is -0.793. The molecule has 1 rings (SSSR count). The number of nitrogens with zero attached hydrogens (tertiary/aromatic N) is 2. The predicted molar refractivity (Wildman–Crippen MR) is 69.5 cm³/mol. The van der Waals surface area contributed by atoms with Crippen LogP contribution in [0.4, 0.5) is 15.7 Å². The molecule has 0 aliphatic heterocycles. The van der Waals surface area contributed by atoms with Gasteiger partial charge in [0.15, 0.2) is 5.00 Å². The van der Waals surface area contributed by atoms with E-state index in [1.165, 1.54) is 0 Å². The zero-order chi connectivity index (χ0) is 16.2. The van der Waals surface area contributed by atoms with Crippen LogP contribution in [0.1, 0.15) is 12.8 Å². The smallest absolute Gasteiger partial charge is 0.333 e. The van der Waals surface area contributed by atoms with E-state index in [4.69, 9.17) is 10.2 Å². The Kier molecular flexibility index (Phi) is 5.12. The maximum atomic E-state index is 11.0. The lowest BCUT2D eigenvalue weighted by molar-refractivity contribution is -0.389. The number of nitrogens with one attached hydrogen (secondary N) is 1. The highest BCUT2D eigenvalue weighted by molar-refractivity contribution is 7.19. The van der Waals surface area contributed by atoms with E-state index in [9.17, 15) is 29.8 Å². The molecule has 21 heavy (non-hydrogen) atoms. The Hall–Kier alpha value is -2.76. The molecular weight excluding hydrogens is 310 g/mol. The molecule has 1 heterocycles. The molecule has 0 saturated carbocycles. The third kappa shape index (κ3) is 4.38. The molecule has 0 amide bonds. The van der Waals surface area contributed by atoms with Gasteiger partial charge in [0, 0.05) is 6.42 Å². The van der Waals surface area contributed by atoms with Crippen molar-refractivity contribution in [2.45, 2.75) is 18.9 Å². The summed E-state index contributed by atoms with van der Waals surface area (Å²) in [6.45, 7) is 0. The highest BCUT2D eigenvalue weighted by atomic mass is 32.1. The highest BCUT2D eigenvalue weighted by Crippen LogP contribution is 2.39. The Morgan fingerprint density at radius 1 is 1.29 bits per heavy atom. The van der Waals surface area contributed by atoms with Gasteiger partial charge in [0.1, 0.15) is 12.1 Å². The maximum Gasteiger partial charge on any atom is 0.333 e. The van der Waals surface area contributed by atoms with Crippen molar-refractivity contribution in [1.29, 1.82) is 0 Å². The molecule has 114 valence electrons.